The first-order valence-corrected chi connectivity index (χ1v) is 6.76. The lowest BCUT2D eigenvalue weighted by Crippen LogP contribution is -2.02. The van der Waals surface area contributed by atoms with Gasteiger partial charge in [-0.25, -0.2) is 0 Å². The SMILES string of the molecule is CCOc1ccc(NCc2cccc(O)c2O)cc1CO. The number of phenols is 2. The maximum Gasteiger partial charge on any atom is 0.162 e. The van der Waals surface area contributed by atoms with Crippen molar-refractivity contribution in [2.45, 2.75) is 20.1 Å². The number of aromatic hydroxyl groups is 2. The topological polar surface area (TPSA) is 82.0 Å². The van der Waals surface area contributed by atoms with Gasteiger partial charge in [0.05, 0.1) is 13.2 Å². The maximum absolute atomic E-state index is 9.74. The minimum atomic E-state index is -0.142. The number of aliphatic hydroxyl groups is 1. The normalized spacial score (nSPS) is 10.4. The Kier molecular flexibility index (Phi) is 4.90. The molecular weight excluding hydrogens is 270 g/mol. The molecule has 0 saturated carbocycles. The number of benzene rings is 2. The van der Waals surface area contributed by atoms with Crippen molar-refractivity contribution >= 4 is 5.69 Å². The first kappa shape index (κ1) is 15.0. The first-order chi connectivity index (χ1) is 10.2. The van der Waals surface area contributed by atoms with Crippen molar-refractivity contribution in [2.75, 3.05) is 11.9 Å². The molecule has 21 heavy (non-hydrogen) atoms. The largest absolute Gasteiger partial charge is 0.504 e. The Bertz CT molecular complexity index is 613. The van der Waals surface area contributed by atoms with Crippen molar-refractivity contribution < 1.29 is 20.1 Å². The molecule has 0 aliphatic carbocycles. The van der Waals surface area contributed by atoms with Crippen molar-refractivity contribution in [1.82, 2.24) is 0 Å². The minimum Gasteiger partial charge on any atom is -0.504 e. The summed E-state index contributed by atoms with van der Waals surface area (Å²) in [4.78, 5) is 0. The van der Waals surface area contributed by atoms with Crippen LogP contribution in [0.15, 0.2) is 36.4 Å². The van der Waals surface area contributed by atoms with E-state index in [1.165, 1.54) is 6.07 Å². The second kappa shape index (κ2) is 6.85. The van der Waals surface area contributed by atoms with Crippen molar-refractivity contribution in [1.29, 1.82) is 0 Å². The van der Waals surface area contributed by atoms with Crippen LogP contribution in [0.5, 0.6) is 17.2 Å². The molecule has 0 amide bonds. The Morgan fingerprint density at radius 3 is 2.62 bits per heavy atom. The molecule has 0 bridgehead atoms. The molecule has 0 saturated heterocycles. The molecule has 2 rings (SSSR count). The van der Waals surface area contributed by atoms with E-state index >= 15 is 0 Å². The summed E-state index contributed by atoms with van der Waals surface area (Å²) < 4.78 is 5.42. The fraction of sp³-hybridized carbons (Fsp3) is 0.250. The third-order valence-corrected chi connectivity index (χ3v) is 3.11. The van der Waals surface area contributed by atoms with E-state index in [2.05, 4.69) is 5.32 Å². The molecule has 0 aliphatic heterocycles. The van der Waals surface area contributed by atoms with E-state index in [0.29, 0.717) is 30.0 Å². The van der Waals surface area contributed by atoms with Gasteiger partial charge < -0.3 is 25.4 Å². The number of hydrogen-bond donors (Lipinski definition) is 4. The summed E-state index contributed by atoms with van der Waals surface area (Å²) >= 11 is 0. The monoisotopic (exact) mass is 289 g/mol. The summed E-state index contributed by atoms with van der Waals surface area (Å²) in [6.07, 6.45) is 0. The van der Waals surface area contributed by atoms with Gasteiger partial charge in [0.1, 0.15) is 5.75 Å². The number of phenolic OH excluding ortho intramolecular Hbond substituents is 2. The van der Waals surface area contributed by atoms with Gasteiger partial charge in [0.2, 0.25) is 0 Å². The molecule has 0 aliphatic rings. The van der Waals surface area contributed by atoms with Gasteiger partial charge in [0.25, 0.3) is 0 Å². The molecule has 0 unspecified atom stereocenters. The quantitative estimate of drug-likeness (QED) is 0.615. The zero-order chi connectivity index (χ0) is 15.2. The molecule has 0 radical (unpaired) electrons. The van der Waals surface area contributed by atoms with E-state index in [1.54, 1.807) is 24.3 Å². The van der Waals surface area contributed by atoms with Crippen LogP contribution in [0, 0.1) is 0 Å². The van der Waals surface area contributed by atoms with Gasteiger partial charge in [0, 0.05) is 23.4 Å². The summed E-state index contributed by atoms with van der Waals surface area (Å²) in [5.41, 5.74) is 2.08. The van der Waals surface area contributed by atoms with Crippen LogP contribution in [0.1, 0.15) is 18.1 Å². The molecule has 0 fully saturated rings. The predicted octanol–water partition coefficient (Wildman–Crippen LogP) is 2.60. The highest BCUT2D eigenvalue weighted by molar-refractivity contribution is 5.53. The van der Waals surface area contributed by atoms with E-state index in [-0.39, 0.29) is 18.1 Å². The molecule has 2 aromatic rings. The van der Waals surface area contributed by atoms with Crippen LogP contribution in [0.2, 0.25) is 0 Å². The summed E-state index contributed by atoms with van der Waals surface area (Å²) in [6, 6.07) is 10.3. The minimum absolute atomic E-state index is 0.109. The Hall–Kier alpha value is -2.40. The Balaban J connectivity index is 2.11. The molecule has 5 nitrogen and oxygen atoms in total. The van der Waals surface area contributed by atoms with Crippen LogP contribution < -0.4 is 10.1 Å². The van der Waals surface area contributed by atoms with E-state index in [0.717, 1.165) is 5.69 Å². The fourth-order valence-corrected chi connectivity index (χ4v) is 2.03. The van der Waals surface area contributed by atoms with Crippen molar-refractivity contribution in [3.63, 3.8) is 0 Å². The van der Waals surface area contributed by atoms with Crippen LogP contribution in [0.3, 0.4) is 0 Å². The summed E-state index contributed by atoms with van der Waals surface area (Å²) in [5.74, 6) is 0.390. The maximum atomic E-state index is 9.74. The standard InChI is InChI=1S/C16H19NO4/c1-2-21-15-7-6-13(8-12(15)10-18)17-9-11-4-3-5-14(19)16(11)20/h3-8,17-20H,2,9-10H2,1H3. The number of nitrogens with one attached hydrogen (secondary N) is 1. The van der Waals surface area contributed by atoms with Gasteiger partial charge in [-0.05, 0) is 31.2 Å². The Morgan fingerprint density at radius 2 is 1.90 bits per heavy atom. The third kappa shape index (κ3) is 3.58. The number of rotatable bonds is 6. The summed E-state index contributed by atoms with van der Waals surface area (Å²) in [6.45, 7) is 2.68. The molecule has 5 heteroatoms. The molecule has 2 aromatic carbocycles. The molecule has 0 aromatic heterocycles. The van der Waals surface area contributed by atoms with Crippen molar-refractivity contribution in [3.05, 3.63) is 47.5 Å². The van der Waals surface area contributed by atoms with Crippen LogP contribution in [0.25, 0.3) is 0 Å². The first-order valence-electron chi connectivity index (χ1n) is 6.76. The fourth-order valence-electron chi connectivity index (χ4n) is 2.03. The summed E-state index contributed by atoms with van der Waals surface area (Å²) in [5, 5.41) is 31.7. The van der Waals surface area contributed by atoms with E-state index < -0.39 is 0 Å². The smallest absolute Gasteiger partial charge is 0.162 e. The van der Waals surface area contributed by atoms with Gasteiger partial charge in [0.15, 0.2) is 11.5 Å². The molecule has 112 valence electrons. The van der Waals surface area contributed by atoms with E-state index in [4.69, 9.17) is 4.74 Å². The van der Waals surface area contributed by atoms with E-state index in [9.17, 15) is 15.3 Å². The number of hydrogen-bond acceptors (Lipinski definition) is 5. The second-order valence-corrected chi connectivity index (χ2v) is 4.55. The number of aliphatic hydroxyl groups excluding tert-OH is 1. The van der Waals surface area contributed by atoms with Crippen LogP contribution in [-0.4, -0.2) is 21.9 Å². The molecule has 0 heterocycles. The number of ether oxygens (including phenoxy) is 1. The highest BCUT2D eigenvalue weighted by Crippen LogP contribution is 2.29. The van der Waals surface area contributed by atoms with Gasteiger partial charge in [-0.3, -0.25) is 0 Å². The highest BCUT2D eigenvalue weighted by Gasteiger charge is 2.07. The summed E-state index contributed by atoms with van der Waals surface area (Å²) in [7, 11) is 0. The lowest BCUT2D eigenvalue weighted by atomic mass is 10.1. The van der Waals surface area contributed by atoms with Gasteiger partial charge in [-0.15, -0.1) is 0 Å². The zero-order valence-electron chi connectivity index (χ0n) is 11.8. The van der Waals surface area contributed by atoms with Crippen LogP contribution in [0.4, 0.5) is 5.69 Å². The van der Waals surface area contributed by atoms with Crippen molar-refractivity contribution in [2.24, 2.45) is 0 Å². The van der Waals surface area contributed by atoms with Crippen LogP contribution >= 0.6 is 0 Å². The average molecular weight is 289 g/mol. The Morgan fingerprint density at radius 1 is 1.10 bits per heavy atom. The van der Waals surface area contributed by atoms with Crippen LogP contribution in [-0.2, 0) is 13.2 Å². The van der Waals surface area contributed by atoms with E-state index in [1.807, 2.05) is 13.0 Å². The van der Waals surface area contributed by atoms with Gasteiger partial charge in [-0.1, -0.05) is 12.1 Å². The molecule has 4 N–H and O–H groups in total. The number of anilines is 1. The number of para-hydroxylation sites is 1. The highest BCUT2D eigenvalue weighted by atomic mass is 16.5. The van der Waals surface area contributed by atoms with Crippen molar-refractivity contribution in [3.8, 4) is 17.2 Å². The molecule has 0 atom stereocenters. The van der Waals surface area contributed by atoms with Gasteiger partial charge >= 0.3 is 0 Å². The molecular formula is C16H19NO4. The Labute approximate surface area is 123 Å². The van der Waals surface area contributed by atoms with Gasteiger partial charge in [-0.2, -0.15) is 0 Å². The lowest BCUT2D eigenvalue weighted by Gasteiger charge is -2.13. The lowest BCUT2D eigenvalue weighted by molar-refractivity contribution is 0.267. The third-order valence-electron chi connectivity index (χ3n) is 3.11. The molecule has 0 spiro atoms. The second-order valence-electron chi connectivity index (χ2n) is 4.55. The predicted molar refractivity (Wildman–Crippen MR) is 80.6 cm³/mol. The zero-order valence-corrected chi connectivity index (χ0v) is 11.8. The average Bonchev–Trinajstić information content (AvgIpc) is 2.50.